The average Bonchev–Trinajstić information content (AvgIpc) is 3.25. The molecule has 1 aromatic carbocycles. The Balaban J connectivity index is 1.50. The summed E-state index contributed by atoms with van der Waals surface area (Å²) < 4.78 is 1.85. The Morgan fingerprint density at radius 1 is 1.30 bits per heavy atom. The molecular formula is C17H21N5O. The quantitative estimate of drug-likeness (QED) is 0.879. The largest absolute Gasteiger partial charge is 0.304 e. The van der Waals surface area contributed by atoms with Crippen LogP contribution in [0.5, 0.6) is 0 Å². The molecular weight excluding hydrogens is 290 g/mol. The molecule has 6 nitrogen and oxygen atoms in total. The molecule has 0 unspecified atom stereocenters. The van der Waals surface area contributed by atoms with Gasteiger partial charge in [-0.05, 0) is 18.6 Å². The van der Waals surface area contributed by atoms with Crippen molar-refractivity contribution < 1.29 is 4.79 Å². The number of benzene rings is 1. The van der Waals surface area contributed by atoms with Crippen LogP contribution in [0.4, 0.5) is 0 Å². The molecule has 0 saturated carbocycles. The van der Waals surface area contributed by atoms with E-state index < -0.39 is 0 Å². The van der Waals surface area contributed by atoms with Gasteiger partial charge in [-0.25, -0.2) is 5.01 Å². The van der Waals surface area contributed by atoms with Gasteiger partial charge in [-0.1, -0.05) is 30.3 Å². The van der Waals surface area contributed by atoms with Gasteiger partial charge in [0.05, 0.1) is 25.3 Å². The predicted molar refractivity (Wildman–Crippen MR) is 89.0 cm³/mol. The highest BCUT2D eigenvalue weighted by Gasteiger charge is 2.21. The van der Waals surface area contributed by atoms with Gasteiger partial charge in [0.15, 0.2) is 0 Å². The van der Waals surface area contributed by atoms with Crippen LogP contribution >= 0.6 is 0 Å². The van der Waals surface area contributed by atoms with Crippen LogP contribution in [0.2, 0.25) is 0 Å². The first kappa shape index (κ1) is 15.4. The molecule has 1 aromatic heterocycles. The number of nitrogens with zero attached hydrogens (tertiary/aromatic N) is 4. The van der Waals surface area contributed by atoms with Crippen molar-refractivity contribution in [2.24, 2.45) is 5.10 Å². The second-order valence-electron chi connectivity index (χ2n) is 5.69. The SMILES string of the molecule is C[C@@H](Cn1cccn1)NCC(=O)N1CCC(c2ccccc2)=N1. The van der Waals surface area contributed by atoms with Crippen LogP contribution in [0, 0.1) is 0 Å². The maximum atomic E-state index is 12.3. The van der Waals surface area contributed by atoms with Gasteiger partial charge in [0.25, 0.3) is 5.91 Å². The number of rotatable bonds is 6. The Kier molecular flexibility index (Phi) is 4.83. The van der Waals surface area contributed by atoms with Gasteiger partial charge in [-0.15, -0.1) is 0 Å². The van der Waals surface area contributed by atoms with Crippen molar-refractivity contribution in [3.05, 3.63) is 54.4 Å². The predicted octanol–water partition coefficient (Wildman–Crippen LogP) is 1.50. The van der Waals surface area contributed by atoms with Crippen LogP contribution in [-0.4, -0.2) is 45.5 Å². The van der Waals surface area contributed by atoms with Gasteiger partial charge in [0.2, 0.25) is 0 Å². The van der Waals surface area contributed by atoms with Gasteiger partial charge in [-0.3, -0.25) is 9.48 Å². The van der Waals surface area contributed by atoms with E-state index in [1.165, 1.54) is 0 Å². The molecule has 1 aliphatic heterocycles. The third kappa shape index (κ3) is 4.04. The van der Waals surface area contributed by atoms with Gasteiger partial charge >= 0.3 is 0 Å². The fourth-order valence-corrected chi connectivity index (χ4v) is 2.58. The lowest BCUT2D eigenvalue weighted by Gasteiger charge is -2.16. The fourth-order valence-electron chi connectivity index (χ4n) is 2.58. The van der Waals surface area contributed by atoms with Gasteiger partial charge in [-0.2, -0.15) is 10.2 Å². The molecule has 2 heterocycles. The van der Waals surface area contributed by atoms with Crippen molar-refractivity contribution in [2.75, 3.05) is 13.1 Å². The average molecular weight is 311 g/mol. The standard InChI is InChI=1S/C17H21N5O/c1-14(13-21-10-5-9-19-21)18-12-17(23)22-11-8-16(20-22)15-6-3-2-4-7-15/h2-7,9-10,14,18H,8,11-13H2,1H3/t14-/m0/s1. The molecule has 1 amide bonds. The normalized spacial score (nSPS) is 15.5. The molecule has 3 rings (SSSR count). The van der Waals surface area contributed by atoms with Crippen molar-refractivity contribution in [2.45, 2.75) is 25.9 Å². The lowest BCUT2D eigenvalue weighted by atomic mass is 10.1. The summed E-state index contributed by atoms with van der Waals surface area (Å²) in [5.41, 5.74) is 2.06. The molecule has 0 radical (unpaired) electrons. The number of hydrazone groups is 1. The molecule has 6 heteroatoms. The smallest absolute Gasteiger partial charge is 0.256 e. The number of amides is 1. The molecule has 0 fully saturated rings. The Bertz CT molecular complexity index is 666. The number of aromatic nitrogens is 2. The second kappa shape index (κ2) is 7.19. The summed E-state index contributed by atoms with van der Waals surface area (Å²) in [5, 5.41) is 13.4. The van der Waals surface area contributed by atoms with Gasteiger partial charge in [0.1, 0.15) is 0 Å². The van der Waals surface area contributed by atoms with E-state index in [9.17, 15) is 4.79 Å². The molecule has 0 aliphatic carbocycles. The maximum Gasteiger partial charge on any atom is 0.256 e. The Morgan fingerprint density at radius 3 is 2.87 bits per heavy atom. The summed E-state index contributed by atoms with van der Waals surface area (Å²) in [7, 11) is 0. The van der Waals surface area contributed by atoms with Crippen molar-refractivity contribution in [3.8, 4) is 0 Å². The van der Waals surface area contributed by atoms with Crippen LogP contribution in [0.1, 0.15) is 18.9 Å². The van der Waals surface area contributed by atoms with E-state index in [0.29, 0.717) is 6.54 Å². The van der Waals surface area contributed by atoms with Crippen LogP contribution in [0.3, 0.4) is 0 Å². The first-order valence-corrected chi connectivity index (χ1v) is 7.86. The van der Waals surface area contributed by atoms with Crippen LogP contribution in [0.15, 0.2) is 53.9 Å². The van der Waals surface area contributed by atoms with Crippen molar-refractivity contribution in [3.63, 3.8) is 0 Å². The molecule has 0 bridgehead atoms. The number of nitrogens with one attached hydrogen (secondary N) is 1. The molecule has 23 heavy (non-hydrogen) atoms. The van der Waals surface area contributed by atoms with Crippen molar-refractivity contribution >= 4 is 11.6 Å². The molecule has 0 spiro atoms. The molecule has 1 N–H and O–H groups in total. The van der Waals surface area contributed by atoms with Crippen LogP contribution < -0.4 is 5.32 Å². The van der Waals surface area contributed by atoms with Crippen LogP contribution in [-0.2, 0) is 11.3 Å². The molecule has 1 atom stereocenters. The summed E-state index contributed by atoms with van der Waals surface area (Å²) in [6.45, 7) is 3.71. The number of hydrogen-bond donors (Lipinski definition) is 1. The lowest BCUT2D eigenvalue weighted by Crippen LogP contribution is -2.39. The van der Waals surface area contributed by atoms with E-state index in [1.807, 2.05) is 54.2 Å². The number of carbonyl (C=O) groups is 1. The first-order valence-electron chi connectivity index (χ1n) is 7.86. The molecule has 1 aliphatic rings. The van der Waals surface area contributed by atoms with E-state index in [1.54, 1.807) is 11.2 Å². The van der Waals surface area contributed by atoms with E-state index >= 15 is 0 Å². The molecule has 0 saturated heterocycles. The minimum atomic E-state index is 0.00301. The number of carbonyl (C=O) groups excluding carboxylic acids is 1. The summed E-state index contributed by atoms with van der Waals surface area (Å²) in [5.74, 6) is 0.00301. The van der Waals surface area contributed by atoms with Crippen molar-refractivity contribution in [1.29, 1.82) is 0 Å². The minimum Gasteiger partial charge on any atom is -0.304 e. The zero-order valence-electron chi connectivity index (χ0n) is 13.2. The Morgan fingerprint density at radius 2 is 2.13 bits per heavy atom. The van der Waals surface area contributed by atoms with E-state index in [0.717, 1.165) is 24.2 Å². The monoisotopic (exact) mass is 311 g/mol. The third-order valence-electron chi connectivity index (χ3n) is 3.82. The highest BCUT2D eigenvalue weighted by Crippen LogP contribution is 2.13. The molecule has 2 aromatic rings. The topological polar surface area (TPSA) is 62.5 Å². The summed E-state index contributed by atoms with van der Waals surface area (Å²) in [6.07, 6.45) is 4.47. The fraction of sp³-hybridized carbons (Fsp3) is 0.353. The Hall–Kier alpha value is -2.47. The first-order chi connectivity index (χ1) is 11.2. The van der Waals surface area contributed by atoms with Gasteiger partial charge < -0.3 is 5.32 Å². The number of hydrogen-bond acceptors (Lipinski definition) is 4. The third-order valence-corrected chi connectivity index (χ3v) is 3.82. The van der Waals surface area contributed by atoms with E-state index in [2.05, 4.69) is 15.5 Å². The summed E-state index contributed by atoms with van der Waals surface area (Å²) in [6, 6.07) is 12.1. The second-order valence-corrected chi connectivity index (χ2v) is 5.69. The van der Waals surface area contributed by atoms with E-state index in [4.69, 9.17) is 0 Å². The summed E-state index contributed by atoms with van der Waals surface area (Å²) >= 11 is 0. The minimum absolute atomic E-state index is 0.00301. The molecule has 120 valence electrons. The zero-order chi connectivity index (χ0) is 16.1. The van der Waals surface area contributed by atoms with Crippen molar-refractivity contribution in [1.82, 2.24) is 20.1 Å². The highest BCUT2D eigenvalue weighted by molar-refractivity contribution is 6.02. The lowest BCUT2D eigenvalue weighted by molar-refractivity contribution is -0.129. The zero-order valence-corrected chi connectivity index (χ0v) is 13.2. The maximum absolute atomic E-state index is 12.3. The van der Waals surface area contributed by atoms with Crippen LogP contribution in [0.25, 0.3) is 0 Å². The highest BCUT2D eigenvalue weighted by atomic mass is 16.2. The Labute approximate surface area is 135 Å². The summed E-state index contributed by atoms with van der Waals surface area (Å²) in [4.78, 5) is 12.3. The van der Waals surface area contributed by atoms with Gasteiger partial charge in [0, 0.05) is 24.9 Å². The van der Waals surface area contributed by atoms with E-state index in [-0.39, 0.29) is 18.5 Å².